The second-order valence-electron chi connectivity index (χ2n) is 4.23. The molecule has 4 unspecified atom stereocenters. The predicted octanol–water partition coefficient (Wildman–Crippen LogP) is 0.397. The van der Waals surface area contributed by atoms with Crippen molar-refractivity contribution in [3.05, 3.63) is 0 Å². The van der Waals surface area contributed by atoms with Crippen LogP contribution in [0, 0.1) is 5.92 Å². The van der Waals surface area contributed by atoms with E-state index >= 15 is 0 Å². The van der Waals surface area contributed by atoms with Gasteiger partial charge in [-0.25, -0.2) is 0 Å². The smallest absolute Gasteiger partial charge is 0.0986 e. The quantitative estimate of drug-likeness (QED) is 0.648. The first-order valence-corrected chi connectivity index (χ1v) is 5.71. The van der Waals surface area contributed by atoms with Crippen LogP contribution in [0.1, 0.15) is 20.3 Å². The Kier molecular flexibility index (Phi) is 5.53. The first kappa shape index (κ1) is 12.9. The lowest BCUT2D eigenvalue weighted by Gasteiger charge is -2.43. The molecule has 1 saturated carbocycles. The van der Waals surface area contributed by atoms with Crippen molar-refractivity contribution >= 4 is 0 Å². The molecular weight excluding hydrogens is 194 g/mol. The zero-order chi connectivity index (χ0) is 11.3. The van der Waals surface area contributed by atoms with Gasteiger partial charge in [0.25, 0.3) is 0 Å². The zero-order valence-electron chi connectivity index (χ0n) is 9.90. The number of ether oxygens (including phenoxy) is 2. The molecule has 4 nitrogen and oxygen atoms in total. The standard InChI is InChI=1S/C11H23NO3/c1-4-15-10-5-9(11(10)14-3)12-6-8(2)7-13/h8-13H,4-7H2,1-3H3. The fraction of sp³-hybridized carbons (Fsp3) is 1.00. The summed E-state index contributed by atoms with van der Waals surface area (Å²) in [6.07, 6.45) is 1.41. The Morgan fingerprint density at radius 2 is 2.27 bits per heavy atom. The average molecular weight is 217 g/mol. The molecule has 0 bridgehead atoms. The Balaban J connectivity index is 2.21. The van der Waals surface area contributed by atoms with Crippen molar-refractivity contribution in [2.24, 2.45) is 5.92 Å². The van der Waals surface area contributed by atoms with Crippen LogP contribution >= 0.6 is 0 Å². The van der Waals surface area contributed by atoms with E-state index in [-0.39, 0.29) is 18.8 Å². The minimum absolute atomic E-state index is 0.163. The molecule has 0 radical (unpaired) electrons. The summed E-state index contributed by atoms with van der Waals surface area (Å²) in [6, 6.07) is 0.376. The molecule has 4 heteroatoms. The fourth-order valence-corrected chi connectivity index (χ4v) is 1.89. The summed E-state index contributed by atoms with van der Waals surface area (Å²) < 4.78 is 10.9. The molecular formula is C11H23NO3. The lowest BCUT2D eigenvalue weighted by Crippen LogP contribution is -2.60. The van der Waals surface area contributed by atoms with Gasteiger partial charge in [0.05, 0.1) is 12.2 Å². The molecule has 0 aromatic carbocycles. The van der Waals surface area contributed by atoms with E-state index in [2.05, 4.69) is 5.32 Å². The van der Waals surface area contributed by atoms with Crippen LogP contribution in [0.15, 0.2) is 0 Å². The summed E-state index contributed by atoms with van der Waals surface area (Å²) in [4.78, 5) is 0. The van der Waals surface area contributed by atoms with Gasteiger partial charge in [0.2, 0.25) is 0 Å². The maximum Gasteiger partial charge on any atom is 0.0986 e. The van der Waals surface area contributed by atoms with E-state index in [1.807, 2.05) is 13.8 Å². The lowest BCUT2D eigenvalue weighted by atomic mass is 9.85. The molecule has 1 fully saturated rings. The molecule has 1 aliphatic carbocycles. The van der Waals surface area contributed by atoms with Gasteiger partial charge in [-0.15, -0.1) is 0 Å². The van der Waals surface area contributed by atoms with Gasteiger partial charge in [-0.1, -0.05) is 6.92 Å². The second-order valence-corrected chi connectivity index (χ2v) is 4.23. The number of aliphatic hydroxyl groups is 1. The van der Waals surface area contributed by atoms with Crippen LogP contribution in [-0.2, 0) is 9.47 Å². The monoisotopic (exact) mass is 217 g/mol. The summed E-state index contributed by atoms with van der Waals surface area (Å²) in [6.45, 7) is 5.82. The third-order valence-corrected chi connectivity index (χ3v) is 2.94. The van der Waals surface area contributed by atoms with Gasteiger partial charge in [0, 0.05) is 32.9 Å². The average Bonchev–Trinajstić information content (AvgIpc) is 2.22. The fourth-order valence-electron chi connectivity index (χ4n) is 1.89. The van der Waals surface area contributed by atoms with Gasteiger partial charge in [-0.3, -0.25) is 0 Å². The normalized spacial score (nSPS) is 32.4. The molecule has 15 heavy (non-hydrogen) atoms. The van der Waals surface area contributed by atoms with Crippen LogP contribution in [0.4, 0.5) is 0 Å². The highest BCUT2D eigenvalue weighted by Gasteiger charge is 2.41. The second kappa shape index (κ2) is 6.43. The van der Waals surface area contributed by atoms with Gasteiger partial charge < -0.3 is 19.9 Å². The molecule has 0 saturated heterocycles. The van der Waals surface area contributed by atoms with Crippen LogP contribution in [0.3, 0.4) is 0 Å². The highest BCUT2D eigenvalue weighted by molar-refractivity contribution is 4.97. The van der Waals surface area contributed by atoms with Crippen LogP contribution in [0.2, 0.25) is 0 Å². The van der Waals surface area contributed by atoms with Crippen molar-refractivity contribution in [3.8, 4) is 0 Å². The van der Waals surface area contributed by atoms with Crippen molar-refractivity contribution < 1.29 is 14.6 Å². The zero-order valence-corrected chi connectivity index (χ0v) is 9.90. The highest BCUT2D eigenvalue weighted by atomic mass is 16.5. The Morgan fingerprint density at radius 1 is 1.53 bits per heavy atom. The van der Waals surface area contributed by atoms with Crippen LogP contribution in [-0.4, -0.2) is 50.2 Å². The molecule has 2 N–H and O–H groups in total. The first-order valence-electron chi connectivity index (χ1n) is 5.71. The molecule has 0 heterocycles. The number of aliphatic hydroxyl groups excluding tert-OH is 1. The summed E-state index contributed by atoms with van der Waals surface area (Å²) in [5.41, 5.74) is 0. The van der Waals surface area contributed by atoms with E-state index in [4.69, 9.17) is 14.6 Å². The highest BCUT2D eigenvalue weighted by Crippen LogP contribution is 2.26. The maximum absolute atomic E-state index is 8.90. The van der Waals surface area contributed by atoms with Crippen molar-refractivity contribution in [3.63, 3.8) is 0 Å². The van der Waals surface area contributed by atoms with Crippen LogP contribution in [0.5, 0.6) is 0 Å². The Labute approximate surface area is 92.0 Å². The van der Waals surface area contributed by atoms with Crippen molar-refractivity contribution in [2.75, 3.05) is 26.9 Å². The number of hydrogen-bond donors (Lipinski definition) is 2. The molecule has 4 atom stereocenters. The predicted molar refractivity (Wildman–Crippen MR) is 58.9 cm³/mol. The van der Waals surface area contributed by atoms with Crippen LogP contribution < -0.4 is 5.32 Å². The molecule has 0 amide bonds. The summed E-state index contributed by atoms with van der Waals surface area (Å²) in [5.74, 6) is 0.300. The summed E-state index contributed by atoms with van der Waals surface area (Å²) in [5, 5.41) is 12.3. The van der Waals surface area contributed by atoms with Crippen molar-refractivity contribution in [1.82, 2.24) is 5.32 Å². The van der Waals surface area contributed by atoms with E-state index in [0.29, 0.717) is 12.0 Å². The minimum Gasteiger partial charge on any atom is -0.396 e. The van der Waals surface area contributed by atoms with Crippen molar-refractivity contribution in [2.45, 2.75) is 38.5 Å². The van der Waals surface area contributed by atoms with E-state index in [9.17, 15) is 0 Å². The molecule has 0 aromatic rings. The third kappa shape index (κ3) is 3.41. The maximum atomic E-state index is 8.90. The molecule has 1 rings (SSSR count). The lowest BCUT2D eigenvalue weighted by molar-refractivity contribution is -0.131. The third-order valence-electron chi connectivity index (χ3n) is 2.94. The number of hydrogen-bond acceptors (Lipinski definition) is 4. The molecule has 0 aromatic heterocycles. The molecule has 1 aliphatic rings. The number of methoxy groups -OCH3 is 1. The number of rotatable bonds is 7. The summed E-state index contributed by atoms with van der Waals surface area (Å²) in [7, 11) is 1.72. The Bertz CT molecular complexity index is 177. The topological polar surface area (TPSA) is 50.7 Å². The van der Waals surface area contributed by atoms with E-state index < -0.39 is 0 Å². The molecule has 0 aliphatic heterocycles. The molecule has 90 valence electrons. The Hall–Kier alpha value is -0.160. The first-order chi connectivity index (χ1) is 7.22. The van der Waals surface area contributed by atoms with E-state index in [1.165, 1.54) is 0 Å². The van der Waals surface area contributed by atoms with Gasteiger partial charge in [0.15, 0.2) is 0 Å². The largest absolute Gasteiger partial charge is 0.396 e. The van der Waals surface area contributed by atoms with Gasteiger partial charge in [0.1, 0.15) is 0 Å². The Morgan fingerprint density at radius 3 is 2.80 bits per heavy atom. The number of nitrogens with one attached hydrogen (secondary N) is 1. The van der Waals surface area contributed by atoms with Crippen LogP contribution in [0.25, 0.3) is 0 Å². The SMILES string of the molecule is CCOC1CC(NCC(C)CO)C1OC. The van der Waals surface area contributed by atoms with Gasteiger partial charge >= 0.3 is 0 Å². The van der Waals surface area contributed by atoms with E-state index in [1.54, 1.807) is 7.11 Å². The minimum atomic E-state index is 0.163. The van der Waals surface area contributed by atoms with Gasteiger partial charge in [-0.2, -0.15) is 0 Å². The molecule has 0 spiro atoms. The van der Waals surface area contributed by atoms with E-state index in [0.717, 1.165) is 19.6 Å². The van der Waals surface area contributed by atoms with Gasteiger partial charge in [-0.05, 0) is 19.3 Å². The van der Waals surface area contributed by atoms with Crippen molar-refractivity contribution in [1.29, 1.82) is 0 Å². The summed E-state index contributed by atoms with van der Waals surface area (Å²) >= 11 is 0.